The second-order valence-electron chi connectivity index (χ2n) is 10.9. The number of hydrogen-bond acceptors (Lipinski definition) is 7. The maximum Gasteiger partial charge on any atom is 0.417 e. The van der Waals surface area contributed by atoms with Gasteiger partial charge < -0.3 is 20.6 Å². The lowest BCUT2D eigenvalue weighted by Crippen LogP contribution is -2.33. The number of aliphatic hydroxyl groups is 1. The molecule has 12 heteroatoms. The lowest BCUT2D eigenvalue weighted by atomic mass is 10.1. The fourth-order valence-electron chi connectivity index (χ4n) is 4.51. The van der Waals surface area contributed by atoms with E-state index in [1.165, 1.54) is 19.0 Å². The van der Waals surface area contributed by atoms with Crippen molar-refractivity contribution in [2.24, 2.45) is 0 Å². The Morgan fingerprint density at radius 1 is 1.24 bits per heavy atom. The van der Waals surface area contributed by atoms with Gasteiger partial charge in [0.05, 0.1) is 22.2 Å². The molecule has 2 aromatic heterocycles. The van der Waals surface area contributed by atoms with E-state index in [1.807, 2.05) is 25.7 Å². The lowest BCUT2D eigenvalue weighted by molar-refractivity contribution is -0.137. The van der Waals surface area contributed by atoms with Crippen LogP contribution in [-0.4, -0.2) is 62.6 Å². The number of rotatable bonds is 5. The summed E-state index contributed by atoms with van der Waals surface area (Å²) >= 11 is 0.908. The second kappa shape index (κ2) is 12.0. The number of nitrogens with one attached hydrogen (secondary N) is 2. The number of amides is 2. The van der Waals surface area contributed by atoms with Gasteiger partial charge in [0.1, 0.15) is 5.82 Å². The minimum atomic E-state index is -4.59. The molecule has 1 saturated heterocycles. The monoisotopic (exact) mass is 555 g/mol. The van der Waals surface area contributed by atoms with Crippen LogP contribution in [0.15, 0.2) is 12.3 Å². The van der Waals surface area contributed by atoms with Gasteiger partial charge in [-0.15, -0.1) is 11.3 Å². The number of anilines is 1. The first kappa shape index (κ1) is 29.8. The molecule has 1 saturated carbocycles. The summed E-state index contributed by atoms with van der Waals surface area (Å²) < 4.78 is 41.3. The van der Waals surface area contributed by atoms with E-state index in [4.69, 9.17) is 0 Å². The molecule has 0 spiro atoms. The summed E-state index contributed by atoms with van der Waals surface area (Å²) in [5, 5.41) is 15.4. The SMILES string of the molecule is CC1CCCN1C=O.Cc1nc(C(=O)NC2CCC(O)C2)sc1-c1cnc(NC(C)(C)C)cc1C(F)(F)F. The summed E-state index contributed by atoms with van der Waals surface area (Å²) in [7, 11) is 0. The highest BCUT2D eigenvalue weighted by molar-refractivity contribution is 7.17. The van der Waals surface area contributed by atoms with E-state index < -0.39 is 29.3 Å². The molecule has 0 bridgehead atoms. The van der Waals surface area contributed by atoms with Crippen molar-refractivity contribution in [3.05, 3.63) is 28.5 Å². The van der Waals surface area contributed by atoms with Crippen LogP contribution >= 0.6 is 11.3 Å². The molecule has 3 heterocycles. The molecule has 0 radical (unpaired) electrons. The van der Waals surface area contributed by atoms with E-state index >= 15 is 0 Å². The fraction of sp³-hybridized carbons (Fsp3) is 0.615. The Morgan fingerprint density at radius 2 is 1.95 bits per heavy atom. The van der Waals surface area contributed by atoms with E-state index in [-0.39, 0.29) is 27.3 Å². The van der Waals surface area contributed by atoms with Gasteiger partial charge in [-0.1, -0.05) is 0 Å². The van der Waals surface area contributed by atoms with Gasteiger partial charge in [-0.05, 0) is 72.8 Å². The average Bonchev–Trinajstić information content (AvgIpc) is 3.52. The molecule has 2 aromatic rings. The molecule has 3 N–H and O–H groups in total. The van der Waals surface area contributed by atoms with E-state index in [1.54, 1.807) is 6.92 Å². The van der Waals surface area contributed by atoms with Crippen molar-refractivity contribution in [1.82, 2.24) is 20.2 Å². The molecule has 3 atom stereocenters. The quantitative estimate of drug-likeness (QED) is 0.448. The number of pyridine rings is 1. The number of halogens is 3. The third-order valence-electron chi connectivity index (χ3n) is 6.43. The van der Waals surface area contributed by atoms with Gasteiger partial charge in [-0.3, -0.25) is 9.59 Å². The Kier molecular flexibility index (Phi) is 9.40. The molecule has 4 rings (SSSR count). The zero-order valence-electron chi connectivity index (χ0n) is 22.4. The van der Waals surface area contributed by atoms with Crippen LogP contribution in [0.5, 0.6) is 0 Å². The van der Waals surface area contributed by atoms with E-state index in [2.05, 4.69) is 27.5 Å². The highest BCUT2D eigenvalue weighted by atomic mass is 32.1. The maximum atomic E-state index is 13.8. The standard InChI is InChI=1S/C20H25F3N4O2S.C6H11NO/c1-10-16(30-18(25-10)17(29)26-11-5-6-12(28)7-11)13-9-24-15(27-19(2,3)4)8-14(13)20(21,22)23;1-6-3-2-4-7(6)5-8/h8-9,11-12,28H,5-7H2,1-4H3,(H,24,27)(H,26,29);5-6H,2-4H2,1H3. The Balaban J connectivity index is 0.000000427. The first-order chi connectivity index (χ1) is 17.7. The van der Waals surface area contributed by atoms with Crippen molar-refractivity contribution in [3.63, 3.8) is 0 Å². The van der Waals surface area contributed by atoms with Gasteiger partial charge in [0.15, 0.2) is 5.01 Å². The van der Waals surface area contributed by atoms with Gasteiger partial charge in [0.25, 0.3) is 5.91 Å². The summed E-state index contributed by atoms with van der Waals surface area (Å²) in [5.41, 5.74) is -1.05. The lowest BCUT2D eigenvalue weighted by Gasteiger charge is -2.22. The Morgan fingerprint density at radius 3 is 2.45 bits per heavy atom. The Labute approximate surface area is 225 Å². The van der Waals surface area contributed by atoms with E-state index in [0.717, 1.165) is 30.4 Å². The summed E-state index contributed by atoms with van der Waals surface area (Å²) in [5.74, 6) is -0.320. The molecule has 2 fully saturated rings. The second-order valence-corrected chi connectivity index (χ2v) is 11.9. The molecule has 210 valence electrons. The summed E-state index contributed by atoms with van der Waals surface area (Å²) in [6.07, 6.45) is 1.18. The number of hydrogen-bond donors (Lipinski definition) is 3. The first-order valence-corrected chi connectivity index (χ1v) is 13.5. The number of aliphatic hydroxyl groups excluding tert-OH is 1. The number of likely N-dealkylation sites (tertiary alicyclic amines) is 1. The van der Waals surface area contributed by atoms with E-state index in [0.29, 0.717) is 31.0 Å². The van der Waals surface area contributed by atoms with Crippen LogP contribution in [0.4, 0.5) is 19.0 Å². The third-order valence-corrected chi connectivity index (χ3v) is 7.62. The smallest absolute Gasteiger partial charge is 0.393 e. The Bertz CT molecular complexity index is 1130. The van der Waals surface area contributed by atoms with Crippen LogP contribution < -0.4 is 10.6 Å². The molecule has 0 aromatic carbocycles. The predicted octanol–water partition coefficient (Wildman–Crippen LogP) is 5.01. The summed E-state index contributed by atoms with van der Waals surface area (Å²) in [6.45, 7) is 10.1. The number of carbonyl (C=O) groups is 2. The highest BCUT2D eigenvalue weighted by Gasteiger charge is 2.36. The number of aromatic nitrogens is 2. The van der Waals surface area contributed by atoms with Crippen LogP contribution in [0.1, 0.15) is 80.9 Å². The largest absolute Gasteiger partial charge is 0.417 e. The summed E-state index contributed by atoms with van der Waals surface area (Å²) in [4.78, 5) is 33.1. The van der Waals surface area contributed by atoms with E-state index in [9.17, 15) is 27.9 Å². The van der Waals surface area contributed by atoms with Crippen molar-refractivity contribution < 1.29 is 27.9 Å². The number of nitrogens with zero attached hydrogens (tertiary/aromatic N) is 3. The Hall–Kier alpha value is -2.73. The molecule has 2 amide bonds. The number of carbonyl (C=O) groups excluding carboxylic acids is 2. The molecular formula is C26H36F3N5O3S. The topological polar surface area (TPSA) is 107 Å². The van der Waals surface area contributed by atoms with Gasteiger partial charge in [-0.25, -0.2) is 9.97 Å². The minimum Gasteiger partial charge on any atom is -0.393 e. The normalized spacial score (nSPS) is 21.6. The van der Waals surface area contributed by atoms with Crippen molar-refractivity contribution in [3.8, 4) is 10.4 Å². The molecule has 1 aliphatic heterocycles. The van der Waals surface area contributed by atoms with Crippen LogP contribution in [0.2, 0.25) is 0 Å². The predicted molar refractivity (Wildman–Crippen MR) is 141 cm³/mol. The van der Waals surface area contributed by atoms with Crippen molar-refractivity contribution in [2.45, 2.75) is 96.6 Å². The molecule has 38 heavy (non-hydrogen) atoms. The van der Waals surface area contributed by atoms with Crippen LogP contribution in [0.25, 0.3) is 10.4 Å². The van der Waals surface area contributed by atoms with Gasteiger partial charge in [-0.2, -0.15) is 13.2 Å². The molecule has 8 nitrogen and oxygen atoms in total. The number of thiazole rings is 1. The van der Waals surface area contributed by atoms with Crippen molar-refractivity contribution in [2.75, 3.05) is 11.9 Å². The van der Waals surface area contributed by atoms with Crippen molar-refractivity contribution in [1.29, 1.82) is 0 Å². The maximum absolute atomic E-state index is 13.8. The first-order valence-electron chi connectivity index (χ1n) is 12.7. The molecular weight excluding hydrogens is 519 g/mol. The van der Waals surface area contributed by atoms with Crippen molar-refractivity contribution >= 4 is 29.5 Å². The van der Waals surface area contributed by atoms with Gasteiger partial charge in [0.2, 0.25) is 6.41 Å². The van der Waals surface area contributed by atoms with Crippen LogP contribution in [-0.2, 0) is 11.0 Å². The molecule has 1 aliphatic carbocycles. The van der Waals surface area contributed by atoms with Crippen LogP contribution in [0, 0.1) is 6.92 Å². The summed E-state index contributed by atoms with van der Waals surface area (Å²) in [6, 6.07) is 1.32. The zero-order valence-corrected chi connectivity index (χ0v) is 23.2. The average molecular weight is 556 g/mol. The molecule has 3 unspecified atom stereocenters. The van der Waals surface area contributed by atoms with Crippen LogP contribution in [0.3, 0.4) is 0 Å². The minimum absolute atomic E-state index is 0.0916. The zero-order chi connectivity index (χ0) is 28.3. The third kappa shape index (κ3) is 7.89. The fourth-order valence-corrected chi connectivity index (χ4v) is 5.51. The van der Waals surface area contributed by atoms with Gasteiger partial charge in [0, 0.05) is 35.9 Å². The number of alkyl halides is 3. The highest BCUT2D eigenvalue weighted by Crippen LogP contribution is 2.41. The van der Waals surface area contributed by atoms with Gasteiger partial charge >= 0.3 is 6.18 Å². The molecule has 2 aliphatic rings. The number of aryl methyl sites for hydroxylation is 1.